The molecule has 0 aliphatic carbocycles. The molecule has 0 radical (unpaired) electrons. The lowest BCUT2D eigenvalue weighted by Crippen LogP contribution is -2.59. The van der Waals surface area contributed by atoms with Gasteiger partial charge in [0.25, 0.3) is 0 Å². The zero-order valence-corrected chi connectivity index (χ0v) is 14.0. The number of nitrogens with zero attached hydrogens (tertiary/aromatic N) is 1. The predicted molar refractivity (Wildman–Crippen MR) is 89.3 cm³/mol. The third kappa shape index (κ3) is 2.90. The average molecular weight is 315 g/mol. The fraction of sp³-hybridized carbons (Fsp3) is 0.421. The first kappa shape index (κ1) is 15.8. The Morgan fingerprint density at radius 1 is 1.13 bits per heavy atom. The van der Waals surface area contributed by atoms with Crippen molar-refractivity contribution in [2.24, 2.45) is 0 Å². The van der Waals surface area contributed by atoms with Crippen LogP contribution in [0.1, 0.15) is 31.9 Å². The highest BCUT2D eigenvalue weighted by Crippen LogP contribution is 2.40. The number of alkyl halides is 1. The van der Waals surface area contributed by atoms with E-state index in [0.717, 1.165) is 16.3 Å². The first-order valence-corrected chi connectivity index (χ1v) is 7.85. The molecule has 23 heavy (non-hydrogen) atoms. The molecule has 1 aliphatic rings. The summed E-state index contributed by atoms with van der Waals surface area (Å²) in [5.74, 6) is 0. The lowest BCUT2D eigenvalue weighted by Gasteiger charge is -2.45. The van der Waals surface area contributed by atoms with Crippen LogP contribution in [0.25, 0.3) is 10.8 Å². The minimum atomic E-state index is -1.51. The third-order valence-corrected chi connectivity index (χ3v) is 4.16. The summed E-state index contributed by atoms with van der Waals surface area (Å²) in [6.45, 7) is 7.51. The minimum absolute atomic E-state index is 0.0367. The first-order chi connectivity index (χ1) is 10.7. The van der Waals surface area contributed by atoms with E-state index in [-0.39, 0.29) is 13.1 Å². The van der Waals surface area contributed by atoms with Crippen LogP contribution < -0.4 is 0 Å². The van der Waals surface area contributed by atoms with Gasteiger partial charge < -0.3 is 9.64 Å². The van der Waals surface area contributed by atoms with Gasteiger partial charge in [-0.3, -0.25) is 0 Å². The molecule has 3 rings (SSSR count). The smallest absolute Gasteiger partial charge is 0.410 e. The van der Waals surface area contributed by atoms with Gasteiger partial charge >= 0.3 is 6.09 Å². The van der Waals surface area contributed by atoms with Gasteiger partial charge in [-0.2, -0.15) is 0 Å². The Labute approximate surface area is 136 Å². The highest BCUT2D eigenvalue weighted by Gasteiger charge is 2.49. The van der Waals surface area contributed by atoms with Gasteiger partial charge in [-0.1, -0.05) is 36.4 Å². The van der Waals surface area contributed by atoms with E-state index in [2.05, 4.69) is 0 Å². The number of aryl methyl sites for hydroxylation is 1. The maximum Gasteiger partial charge on any atom is 0.410 e. The van der Waals surface area contributed by atoms with Crippen LogP contribution in [0.5, 0.6) is 0 Å². The topological polar surface area (TPSA) is 29.5 Å². The molecular formula is C19H22FNO2. The Morgan fingerprint density at radius 2 is 1.74 bits per heavy atom. The Kier molecular flexibility index (Phi) is 3.58. The van der Waals surface area contributed by atoms with E-state index < -0.39 is 17.4 Å². The van der Waals surface area contributed by atoms with Crippen molar-refractivity contribution in [3.8, 4) is 0 Å². The van der Waals surface area contributed by atoms with Gasteiger partial charge in [-0.25, -0.2) is 9.18 Å². The van der Waals surface area contributed by atoms with Crippen molar-refractivity contribution in [2.45, 2.75) is 39.0 Å². The van der Waals surface area contributed by atoms with E-state index in [0.29, 0.717) is 5.56 Å². The second-order valence-corrected chi connectivity index (χ2v) is 7.28. The minimum Gasteiger partial charge on any atom is -0.444 e. The van der Waals surface area contributed by atoms with Crippen molar-refractivity contribution in [3.63, 3.8) is 0 Å². The van der Waals surface area contributed by atoms with Crippen LogP contribution in [0, 0.1) is 6.92 Å². The molecule has 1 saturated heterocycles. The Morgan fingerprint density at radius 3 is 2.35 bits per heavy atom. The fourth-order valence-electron chi connectivity index (χ4n) is 3.03. The van der Waals surface area contributed by atoms with Crippen molar-refractivity contribution in [3.05, 3.63) is 47.5 Å². The molecule has 1 aliphatic heterocycles. The number of carbonyl (C=O) groups excluding carboxylic acids is 1. The second kappa shape index (κ2) is 5.22. The molecule has 0 saturated carbocycles. The predicted octanol–water partition coefficient (Wildman–Crippen LogP) is 4.56. The maximum absolute atomic E-state index is 15.3. The van der Waals surface area contributed by atoms with Gasteiger partial charge in [-0.15, -0.1) is 0 Å². The summed E-state index contributed by atoms with van der Waals surface area (Å²) in [7, 11) is 0. The van der Waals surface area contributed by atoms with E-state index in [1.807, 2.05) is 43.3 Å². The van der Waals surface area contributed by atoms with E-state index >= 15 is 4.39 Å². The van der Waals surface area contributed by atoms with Crippen LogP contribution in [-0.2, 0) is 10.4 Å². The van der Waals surface area contributed by atoms with Gasteiger partial charge in [0.05, 0.1) is 13.1 Å². The number of benzene rings is 2. The van der Waals surface area contributed by atoms with Gasteiger partial charge in [0.2, 0.25) is 0 Å². The van der Waals surface area contributed by atoms with Crippen LogP contribution in [0.2, 0.25) is 0 Å². The summed E-state index contributed by atoms with van der Waals surface area (Å²) in [6, 6.07) is 11.6. The summed E-state index contributed by atoms with van der Waals surface area (Å²) in [6.07, 6.45) is -0.456. The lowest BCUT2D eigenvalue weighted by molar-refractivity contribution is -0.0531. The highest BCUT2D eigenvalue weighted by molar-refractivity contribution is 5.89. The quantitative estimate of drug-likeness (QED) is 0.772. The van der Waals surface area contributed by atoms with Crippen molar-refractivity contribution in [1.82, 2.24) is 4.90 Å². The summed E-state index contributed by atoms with van der Waals surface area (Å²) >= 11 is 0. The molecule has 0 aromatic heterocycles. The molecule has 3 nitrogen and oxygen atoms in total. The zero-order valence-electron chi connectivity index (χ0n) is 14.0. The Hall–Kier alpha value is -2.10. The maximum atomic E-state index is 15.3. The number of ether oxygens (including phenoxy) is 1. The number of rotatable bonds is 1. The normalized spacial score (nSPS) is 17.0. The number of amides is 1. The van der Waals surface area contributed by atoms with E-state index in [1.54, 1.807) is 20.8 Å². The molecule has 0 unspecified atom stereocenters. The number of fused-ring (bicyclic) bond motifs is 1. The van der Waals surface area contributed by atoms with E-state index in [9.17, 15) is 4.79 Å². The Balaban J connectivity index is 1.85. The van der Waals surface area contributed by atoms with Crippen LogP contribution in [-0.4, -0.2) is 29.7 Å². The average Bonchev–Trinajstić information content (AvgIpc) is 2.43. The zero-order chi connectivity index (χ0) is 16.8. The third-order valence-electron chi connectivity index (χ3n) is 4.16. The SMILES string of the molecule is Cc1ccc(C2(F)CN(C(=O)OC(C)(C)C)C2)c2ccccc12. The monoisotopic (exact) mass is 315 g/mol. The molecule has 1 fully saturated rings. The van der Waals surface area contributed by atoms with Crippen molar-refractivity contribution >= 4 is 16.9 Å². The van der Waals surface area contributed by atoms with Crippen molar-refractivity contribution < 1.29 is 13.9 Å². The van der Waals surface area contributed by atoms with Gasteiger partial charge in [0, 0.05) is 5.56 Å². The molecule has 0 bridgehead atoms. The van der Waals surface area contributed by atoms with Gasteiger partial charge in [-0.05, 0) is 44.0 Å². The second-order valence-electron chi connectivity index (χ2n) is 7.28. The summed E-state index contributed by atoms with van der Waals surface area (Å²) in [5.41, 5.74) is -0.304. The summed E-state index contributed by atoms with van der Waals surface area (Å²) in [5, 5.41) is 1.97. The molecule has 2 aromatic carbocycles. The molecule has 2 aromatic rings. The van der Waals surface area contributed by atoms with Gasteiger partial charge in [0.15, 0.2) is 5.67 Å². The molecule has 1 amide bonds. The summed E-state index contributed by atoms with van der Waals surface area (Å²) < 4.78 is 20.6. The van der Waals surface area contributed by atoms with Crippen molar-refractivity contribution in [2.75, 3.05) is 13.1 Å². The van der Waals surface area contributed by atoms with Crippen LogP contribution >= 0.6 is 0 Å². The van der Waals surface area contributed by atoms with Crippen LogP contribution in [0.4, 0.5) is 9.18 Å². The molecule has 122 valence electrons. The highest BCUT2D eigenvalue weighted by atomic mass is 19.1. The molecule has 0 N–H and O–H groups in total. The van der Waals surface area contributed by atoms with E-state index in [4.69, 9.17) is 4.74 Å². The number of likely N-dealkylation sites (tertiary alicyclic amines) is 1. The molecule has 0 spiro atoms. The number of halogens is 1. The molecule has 0 atom stereocenters. The molecule has 1 heterocycles. The van der Waals surface area contributed by atoms with Crippen molar-refractivity contribution in [1.29, 1.82) is 0 Å². The molecule has 4 heteroatoms. The lowest BCUT2D eigenvalue weighted by atomic mass is 9.84. The standard InChI is InChI=1S/C19H22FNO2/c1-13-9-10-16(15-8-6-5-7-14(13)15)19(20)11-21(12-19)17(22)23-18(2,3)4/h5-10H,11-12H2,1-4H3. The van der Waals surface area contributed by atoms with Crippen LogP contribution in [0.3, 0.4) is 0 Å². The van der Waals surface area contributed by atoms with Gasteiger partial charge in [0.1, 0.15) is 5.60 Å². The Bertz CT molecular complexity index is 758. The molecular weight excluding hydrogens is 293 g/mol. The number of hydrogen-bond donors (Lipinski definition) is 0. The number of hydrogen-bond acceptors (Lipinski definition) is 2. The first-order valence-electron chi connectivity index (χ1n) is 7.85. The fourth-order valence-corrected chi connectivity index (χ4v) is 3.03. The number of carbonyl (C=O) groups is 1. The van der Waals surface area contributed by atoms with E-state index in [1.165, 1.54) is 4.90 Å². The summed E-state index contributed by atoms with van der Waals surface area (Å²) in [4.78, 5) is 13.4. The van der Waals surface area contributed by atoms with Crippen LogP contribution in [0.15, 0.2) is 36.4 Å². The largest absolute Gasteiger partial charge is 0.444 e.